The van der Waals surface area contributed by atoms with Crippen molar-refractivity contribution >= 4 is 27.5 Å². The fourth-order valence-electron chi connectivity index (χ4n) is 1.56. The summed E-state index contributed by atoms with van der Waals surface area (Å²) in [5.41, 5.74) is 0.195. The van der Waals surface area contributed by atoms with Crippen LogP contribution < -0.4 is 0 Å². The number of rotatable bonds is 2. The molecule has 0 N–H and O–H groups in total. The molecule has 0 aromatic heterocycles. The third kappa shape index (κ3) is 2.04. The van der Waals surface area contributed by atoms with Crippen LogP contribution in [0.3, 0.4) is 0 Å². The van der Waals surface area contributed by atoms with Crippen molar-refractivity contribution in [3.63, 3.8) is 0 Å². The van der Waals surface area contributed by atoms with Crippen LogP contribution >= 0.6 is 27.5 Å². The van der Waals surface area contributed by atoms with Gasteiger partial charge in [0.2, 0.25) is 0 Å². The lowest BCUT2D eigenvalue weighted by Crippen LogP contribution is -2.07. The van der Waals surface area contributed by atoms with Crippen molar-refractivity contribution in [2.24, 2.45) is 5.41 Å². The molecule has 0 bridgehead atoms. The van der Waals surface area contributed by atoms with Crippen LogP contribution in [0.15, 0.2) is 16.6 Å². The zero-order valence-electron chi connectivity index (χ0n) is 8.16. The lowest BCUT2D eigenvalue weighted by atomic mass is 9.97. The molecule has 0 saturated heterocycles. The van der Waals surface area contributed by atoms with Gasteiger partial charge in [0, 0.05) is 5.56 Å². The first-order chi connectivity index (χ1) is 6.94. The summed E-state index contributed by atoms with van der Waals surface area (Å²) in [6.07, 6.45) is 1.94. The van der Waals surface area contributed by atoms with E-state index in [2.05, 4.69) is 15.9 Å². The molecule has 2 rings (SSSR count). The molecule has 1 unspecified atom stereocenters. The summed E-state index contributed by atoms with van der Waals surface area (Å²) in [6.45, 7) is 1.99. The molecule has 1 atom stereocenters. The highest BCUT2D eigenvalue weighted by Gasteiger charge is 2.45. The topological polar surface area (TPSA) is 0 Å². The number of hydrogen-bond acceptors (Lipinski definition) is 0. The normalized spacial score (nSPS) is 20.1. The summed E-state index contributed by atoms with van der Waals surface area (Å²) in [6, 6.07) is 2.31. The summed E-state index contributed by atoms with van der Waals surface area (Å²) in [7, 11) is 0. The van der Waals surface area contributed by atoms with Crippen LogP contribution in [-0.2, 0) is 0 Å². The van der Waals surface area contributed by atoms with Crippen molar-refractivity contribution < 1.29 is 8.78 Å². The molecule has 0 spiro atoms. The molecular formula is C11H10BrClF2. The molecule has 15 heavy (non-hydrogen) atoms. The zero-order chi connectivity index (χ0) is 11.2. The number of hydrogen-bond donors (Lipinski definition) is 0. The van der Waals surface area contributed by atoms with Gasteiger partial charge >= 0.3 is 0 Å². The molecular weight excluding hydrogens is 285 g/mol. The lowest BCUT2D eigenvalue weighted by molar-refractivity contribution is 0.509. The molecule has 0 heterocycles. The van der Waals surface area contributed by atoms with Gasteiger partial charge in [-0.25, -0.2) is 8.78 Å². The number of alkyl halides is 1. The summed E-state index contributed by atoms with van der Waals surface area (Å²) in [5, 5.41) is -0.444. The Kier molecular flexibility index (Phi) is 2.80. The number of halogens is 4. The van der Waals surface area contributed by atoms with Gasteiger partial charge < -0.3 is 0 Å². The zero-order valence-corrected chi connectivity index (χ0v) is 10.5. The summed E-state index contributed by atoms with van der Waals surface area (Å²) in [5.74, 6) is -0.919. The second kappa shape index (κ2) is 3.70. The molecule has 1 aliphatic rings. The summed E-state index contributed by atoms with van der Waals surface area (Å²) in [4.78, 5) is 0. The average Bonchev–Trinajstić information content (AvgIpc) is 2.90. The van der Waals surface area contributed by atoms with E-state index in [9.17, 15) is 8.78 Å². The van der Waals surface area contributed by atoms with Gasteiger partial charge in [-0.15, -0.1) is 11.6 Å². The number of benzene rings is 1. The van der Waals surface area contributed by atoms with E-state index in [1.165, 1.54) is 6.07 Å². The molecule has 1 fully saturated rings. The SMILES string of the molecule is CC1(C(Cl)c2cc(F)c(Br)cc2F)CC1. The van der Waals surface area contributed by atoms with Gasteiger partial charge in [-0.3, -0.25) is 0 Å². The second-order valence-corrected chi connectivity index (χ2v) is 5.60. The van der Waals surface area contributed by atoms with Gasteiger partial charge in [0.05, 0.1) is 9.85 Å². The predicted octanol–water partition coefficient (Wildman–Crippen LogP) is 4.81. The molecule has 1 saturated carbocycles. The van der Waals surface area contributed by atoms with Gasteiger partial charge in [-0.2, -0.15) is 0 Å². The molecule has 1 aliphatic carbocycles. The molecule has 0 amide bonds. The third-order valence-electron chi connectivity index (χ3n) is 2.96. The van der Waals surface area contributed by atoms with Gasteiger partial charge in [-0.1, -0.05) is 6.92 Å². The van der Waals surface area contributed by atoms with Crippen molar-refractivity contribution in [1.82, 2.24) is 0 Å². The van der Waals surface area contributed by atoms with Crippen LogP contribution in [0.2, 0.25) is 0 Å². The monoisotopic (exact) mass is 294 g/mol. The van der Waals surface area contributed by atoms with Crippen LogP contribution in [0.5, 0.6) is 0 Å². The van der Waals surface area contributed by atoms with Crippen molar-refractivity contribution in [2.45, 2.75) is 25.1 Å². The molecule has 1 aromatic rings. The highest BCUT2D eigenvalue weighted by atomic mass is 79.9. The standard InChI is InChI=1S/C11H10BrClF2/c1-11(2-3-11)10(13)6-4-9(15)7(12)5-8(6)14/h4-5,10H,2-3H2,1H3. The Morgan fingerprint density at radius 3 is 2.47 bits per heavy atom. The molecule has 0 nitrogen and oxygen atoms in total. The first-order valence-electron chi connectivity index (χ1n) is 4.72. The maximum atomic E-state index is 13.6. The average molecular weight is 296 g/mol. The Labute approximate surface area is 101 Å². The van der Waals surface area contributed by atoms with E-state index in [1.807, 2.05) is 6.92 Å². The molecule has 1 aromatic carbocycles. The van der Waals surface area contributed by atoms with Crippen molar-refractivity contribution in [2.75, 3.05) is 0 Å². The second-order valence-electron chi connectivity index (χ2n) is 4.30. The van der Waals surface area contributed by atoms with Crippen LogP contribution in [-0.4, -0.2) is 0 Å². The summed E-state index contributed by atoms with van der Waals surface area (Å²) < 4.78 is 26.9. The van der Waals surface area contributed by atoms with E-state index in [1.54, 1.807) is 0 Å². The highest BCUT2D eigenvalue weighted by Crippen LogP contribution is 2.57. The van der Waals surface area contributed by atoms with E-state index in [4.69, 9.17) is 11.6 Å². The minimum atomic E-state index is -0.471. The van der Waals surface area contributed by atoms with E-state index < -0.39 is 17.0 Å². The lowest BCUT2D eigenvalue weighted by Gasteiger charge is -2.17. The van der Waals surface area contributed by atoms with Gasteiger partial charge in [0.1, 0.15) is 11.6 Å². The van der Waals surface area contributed by atoms with Crippen LogP contribution in [0.25, 0.3) is 0 Å². The summed E-state index contributed by atoms with van der Waals surface area (Å²) >= 11 is 9.09. The van der Waals surface area contributed by atoms with Gasteiger partial charge in [0.25, 0.3) is 0 Å². The van der Waals surface area contributed by atoms with E-state index in [-0.39, 0.29) is 15.5 Å². The van der Waals surface area contributed by atoms with Crippen molar-refractivity contribution in [3.05, 3.63) is 33.8 Å². The van der Waals surface area contributed by atoms with E-state index in [0.717, 1.165) is 18.9 Å². The quantitative estimate of drug-likeness (QED) is 0.543. The van der Waals surface area contributed by atoms with Gasteiger partial charge in [-0.05, 0) is 46.3 Å². The van der Waals surface area contributed by atoms with Crippen molar-refractivity contribution in [1.29, 1.82) is 0 Å². The highest BCUT2D eigenvalue weighted by molar-refractivity contribution is 9.10. The Morgan fingerprint density at radius 1 is 1.33 bits per heavy atom. The smallest absolute Gasteiger partial charge is 0.137 e. The van der Waals surface area contributed by atoms with Crippen molar-refractivity contribution in [3.8, 4) is 0 Å². The first kappa shape index (κ1) is 11.3. The Hall–Kier alpha value is -0.150. The predicted molar refractivity (Wildman–Crippen MR) is 60.0 cm³/mol. The minimum absolute atomic E-state index is 0.0668. The molecule has 82 valence electrons. The Balaban J connectivity index is 2.39. The van der Waals surface area contributed by atoms with Crippen LogP contribution in [0, 0.1) is 17.0 Å². The van der Waals surface area contributed by atoms with E-state index >= 15 is 0 Å². The maximum absolute atomic E-state index is 13.6. The van der Waals surface area contributed by atoms with Crippen LogP contribution in [0.1, 0.15) is 30.7 Å². The fraction of sp³-hybridized carbons (Fsp3) is 0.455. The molecule has 4 heteroatoms. The van der Waals surface area contributed by atoms with E-state index in [0.29, 0.717) is 0 Å². The Bertz CT molecular complexity index is 402. The maximum Gasteiger partial charge on any atom is 0.137 e. The Morgan fingerprint density at radius 2 is 1.93 bits per heavy atom. The van der Waals surface area contributed by atoms with Gasteiger partial charge in [0.15, 0.2) is 0 Å². The fourth-order valence-corrected chi connectivity index (χ4v) is 2.26. The minimum Gasteiger partial charge on any atom is -0.207 e. The first-order valence-corrected chi connectivity index (χ1v) is 5.95. The third-order valence-corrected chi connectivity index (χ3v) is 4.33. The van der Waals surface area contributed by atoms with Crippen LogP contribution in [0.4, 0.5) is 8.78 Å². The molecule has 0 radical (unpaired) electrons. The molecule has 0 aliphatic heterocycles. The largest absolute Gasteiger partial charge is 0.207 e.